The fourth-order valence-corrected chi connectivity index (χ4v) is 3.78. The molecule has 124 valence electrons. The minimum atomic E-state index is 0.279. The fourth-order valence-electron chi connectivity index (χ4n) is 3.78. The number of rotatable bonds is 5. The van der Waals surface area contributed by atoms with E-state index in [1.54, 1.807) is 0 Å². The third-order valence-corrected chi connectivity index (χ3v) is 5.17. The maximum atomic E-state index is 4.43. The first-order chi connectivity index (χ1) is 12.3. The molecule has 3 aromatic carbocycles. The van der Waals surface area contributed by atoms with Gasteiger partial charge < -0.3 is 0 Å². The molecule has 1 unspecified atom stereocenters. The van der Waals surface area contributed by atoms with Crippen LogP contribution in [-0.2, 0) is 0 Å². The standard InChI is InChI=1S/C24H23N/c1-19(20-11-5-2-6-12-20)23-17-18-25(23)24(21-13-7-3-8-14-21)22-15-9-4-10-16-22/h2-16,23-24H,1,17-18H2. The lowest BCUT2D eigenvalue weighted by Gasteiger charge is -2.47. The van der Waals surface area contributed by atoms with Crippen molar-refractivity contribution >= 4 is 5.57 Å². The number of likely N-dealkylation sites (tertiary alicyclic amines) is 1. The molecule has 1 heterocycles. The highest BCUT2D eigenvalue weighted by atomic mass is 15.2. The first kappa shape index (κ1) is 15.9. The topological polar surface area (TPSA) is 3.24 Å². The maximum absolute atomic E-state index is 4.43. The summed E-state index contributed by atoms with van der Waals surface area (Å²) in [4.78, 5) is 2.58. The van der Waals surface area contributed by atoms with Crippen LogP contribution in [-0.4, -0.2) is 17.5 Å². The summed E-state index contributed by atoms with van der Waals surface area (Å²) in [6.45, 7) is 5.53. The number of hydrogen-bond acceptors (Lipinski definition) is 1. The molecule has 1 aliphatic heterocycles. The summed E-state index contributed by atoms with van der Waals surface area (Å²) in [5.41, 5.74) is 5.17. The monoisotopic (exact) mass is 325 g/mol. The van der Waals surface area contributed by atoms with E-state index in [9.17, 15) is 0 Å². The predicted molar refractivity (Wildman–Crippen MR) is 105 cm³/mol. The highest BCUT2D eigenvalue weighted by molar-refractivity contribution is 5.68. The molecule has 1 nitrogen and oxygen atoms in total. The van der Waals surface area contributed by atoms with Crippen molar-refractivity contribution in [3.63, 3.8) is 0 Å². The number of nitrogens with zero attached hydrogens (tertiary/aromatic N) is 1. The van der Waals surface area contributed by atoms with Crippen molar-refractivity contribution in [2.24, 2.45) is 0 Å². The van der Waals surface area contributed by atoms with Crippen LogP contribution in [0, 0.1) is 0 Å². The Kier molecular flexibility index (Phi) is 4.49. The van der Waals surface area contributed by atoms with Gasteiger partial charge in [0.2, 0.25) is 0 Å². The van der Waals surface area contributed by atoms with Gasteiger partial charge in [0.15, 0.2) is 0 Å². The molecule has 25 heavy (non-hydrogen) atoms. The minimum Gasteiger partial charge on any atom is -0.285 e. The van der Waals surface area contributed by atoms with Crippen LogP contribution in [0.25, 0.3) is 5.57 Å². The van der Waals surface area contributed by atoms with Crippen LogP contribution in [0.15, 0.2) is 97.6 Å². The first-order valence-corrected chi connectivity index (χ1v) is 8.94. The van der Waals surface area contributed by atoms with Gasteiger partial charge in [-0.1, -0.05) is 97.6 Å². The Morgan fingerprint density at radius 1 is 0.760 bits per heavy atom. The molecule has 0 aliphatic carbocycles. The molecule has 1 heteroatoms. The van der Waals surface area contributed by atoms with E-state index in [4.69, 9.17) is 0 Å². The molecule has 0 saturated carbocycles. The minimum absolute atomic E-state index is 0.279. The molecule has 0 spiro atoms. The maximum Gasteiger partial charge on any atom is 0.0607 e. The second-order valence-electron chi connectivity index (χ2n) is 6.66. The van der Waals surface area contributed by atoms with Crippen molar-refractivity contribution in [1.29, 1.82) is 0 Å². The van der Waals surface area contributed by atoms with E-state index >= 15 is 0 Å². The van der Waals surface area contributed by atoms with E-state index < -0.39 is 0 Å². The zero-order valence-corrected chi connectivity index (χ0v) is 14.4. The third kappa shape index (κ3) is 3.16. The van der Waals surface area contributed by atoms with Crippen molar-refractivity contribution in [2.75, 3.05) is 6.54 Å². The fraction of sp³-hybridized carbons (Fsp3) is 0.167. The Morgan fingerprint density at radius 3 is 1.68 bits per heavy atom. The van der Waals surface area contributed by atoms with Gasteiger partial charge in [-0.05, 0) is 28.7 Å². The average Bonchev–Trinajstić information content (AvgIpc) is 2.67. The van der Waals surface area contributed by atoms with Crippen LogP contribution in [0.5, 0.6) is 0 Å². The average molecular weight is 325 g/mol. The van der Waals surface area contributed by atoms with Crippen LogP contribution in [0.2, 0.25) is 0 Å². The van der Waals surface area contributed by atoms with Gasteiger partial charge in [0.05, 0.1) is 6.04 Å². The van der Waals surface area contributed by atoms with Gasteiger partial charge in [-0.3, -0.25) is 4.90 Å². The molecule has 1 fully saturated rings. The third-order valence-electron chi connectivity index (χ3n) is 5.17. The summed E-state index contributed by atoms with van der Waals surface area (Å²) >= 11 is 0. The summed E-state index contributed by atoms with van der Waals surface area (Å²) in [5, 5.41) is 0. The van der Waals surface area contributed by atoms with Gasteiger partial charge in [-0.2, -0.15) is 0 Å². The van der Waals surface area contributed by atoms with E-state index in [1.807, 2.05) is 0 Å². The van der Waals surface area contributed by atoms with Gasteiger partial charge in [-0.25, -0.2) is 0 Å². The van der Waals surface area contributed by atoms with Crippen molar-refractivity contribution in [1.82, 2.24) is 4.90 Å². The molecule has 0 N–H and O–H groups in total. The lowest BCUT2D eigenvalue weighted by atomic mass is 9.85. The Labute approximate surface area is 150 Å². The second kappa shape index (κ2) is 7.08. The first-order valence-electron chi connectivity index (χ1n) is 8.94. The molecule has 4 rings (SSSR count). The SMILES string of the molecule is C=C(c1ccccc1)C1CCN1C(c1ccccc1)c1ccccc1. The summed E-state index contributed by atoms with van der Waals surface area (Å²) in [6.07, 6.45) is 1.17. The smallest absolute Gasteiger partial charge is 0.0607 e. The van der Waals surface area contributed by atoms with E-state index in [-0.39, 0.29) is 6.04 Å². The Bertz CT molecular complexity index is 784. The van der Waals surface area contributed by atoms with Crippen molar-refractivity contribution in [3.05, 3.63) is 114 Å². The molecule has 0 bridgehead atoms. The highest BCUT2D eigenvalue weighted by Crippen LogP contribution is 2.40. The van der Waals surface area contributed by atoms with E-state index in [2.05, 4.69) is 102 Å². The predicted octanol–water partition coefficient (Wildman–Crippen LogP) is 5.56. The molecule has 0 amide bonds. The molecule has 0 aromatic heterocycles. The van der Waals surface area contributed by atoms with Crippen LogP contribution in [0.1, 0.15) is 29.2 Å². The zero-order valence-electron chi connectivity index (χ0n) is 14.4. The zero-order chi connectivity index (χ0) is 17.1. The van der Waals surface area contributed by atoms with Crippen molar-refractivity contribution in [3.8, 4) is 0 Å². The second-order valence-corrected chi connectivity index (χ2v) is 6.66. The van der Waals surface area contributed by atoms with Crippen LogP contribution in [0.4, 0.5) is 0 Å². The summed E-state index contributed by atoms with van der Waals surface area (Å²) in [6, 6.07) is 32.9. The van der Waals surface area contributed by atoms with Crippen molar-refractivity contribution in [2.45, 2.75) is 18.5 Å². The number of benzene rings is 3. The van der Waals surface area contributed by atoms with Gasteiger partial charge >= 0.3 is 0 Å². The molecule has 3 aromatic rings. The van der Waals surface area contributed by atoms with Crippen LogP contribution >= 0.6 is 0 Å². The van der Waals surface area contributed by atoms with E-state index in [0.29, 0.717) is 6.04 Å². The number of hydrogen-bond donors (Lipinski definition) is 0. The largest absolute Gasteiger partial charge is 0.285 e. The summed E-state index contributed by atoms with van der Waals surface area (Å²) < 4.78 is 0. The molecule has 1 aliphatic rings. The van der Waals surface area contributed by atoms with Crippen LogP contribution in [0.3, 0.4) is 0 Å². The van der Waals surface area contributed by atoms with Crippen molar-refractivity contribution < 1.29 is 0 Å². The Morgan fingerprint density at radius 2 is 1.24 bits per heavy atom. The normalized spacial score (nSPS) is 17.2. The molecular formula is C24H23N. The highest BCUT2D eigenvalue weighted by Gasteiger charge is 2.37. The molecule has 0 radical (unpaired) electrons. The lowest BCUT2D eigenvalue weighted by Crippen LogP contribution is -2.50. The van der Waals surface area contributed by atoms with Crippen LogP contribution < -0.4 is 0 Å². The summed E-state index contributed by atoms with van der Waals surface area (Å²) in [7, 11) is 0. The van der Waals surface area contributed by atoms with Gasteiger partial charge in [0, 0.05) is 12.6 Å². The lowest BCUT2D eigenvalue weighted by molar-refractivity contribution is 0.0954. The van der Waals surface area contributed by atoms with E-state index in [0.717, 1.165) is 6.54 Å². The summed E-state index contributed by atoms with van der Waals surface area (Å²) in [5.74, 6) is 0. The van der Waals surface area contributed by atoms with Gasteiger partial charge in [-0.15, -0.1) is 0 Å². The molecular weight excluding hydrogens is 302 g/mol. The Balaban J connectivity index is 1.67. The molecule has 1 saturated heterocycles. The van der Waals surface area contributed by atoms with E-state index in [1.165, 1.54) is 28.7 Å². The molecule has 1 atom stereocenters. The van der Waals surface area contributed by atoms with Gasteiger partial charge in [0.1, 0.15) is 0 Å². The Hall–Kier alpha value is -2.64. The quantitative estimate of drug-likeness (QED) is 0.593. The van der Waals surface area contributed by atoms with Gasteiger partial charge in [0.25, 0.3) is 0 Å².